The molecule has 0 amide bonds. The SMILES string of the molecule is COCCC1CCC(CCc2ccc(C#Cc3ccc4cc(F)c(F)cc4c3)cc2)CC1. The highest BCUT2D eigenvalue weighted by atomic mass is 19.2. The highest BCUT2D eigenvalue weighted by molar-refractivity contribution is 5.84. The van der Waals surface area contributed by atoms with Crippen LogP contribution in [0.4, 0.5) is 8.78 Å². The van der Waals surface area contributed by atoms with Crippen molar-refractivity contribution in [2.75, 3.05) is 13.7 Å². The fourth-order valence-electron chi connectivity index (χ4n) is 4.68. The smallest absolute Gasteiger partial charge is 0.159 e. The molecular weight excluding hydrogens is 402 g/mol. The summed E-state index contributed by atoms with van der Waals surface area (Å²) in [6.07, 6.45) is 8.98. The lowest BCUT2D eigenvalue weighted by molar-refractivity contribution is 0.155. The molecular formula is C29H30F2O. The Kier molecular flexibility index (Phi) is 7.55. The molecule has 3 aromatic carbocycles. The summed E-state index contributed by atoms with van der Waals surface area (Å²) in [5.74, 6) is 6.35. The third kappa shape index (κ3) is 5.96. The van der Waals surface area contributed by atoms with E-state index >= 15 is 0 Å². The van der Waals surface area contributed by atoms with Crippen LogP contribution in [-0.2, 0) is 11.2 Å². The van der Waals surface area contributed by atoms with Gasteiger partial charge >= 0.3 is 0 Å². The van der Waals surface area contributed by atoms with Gasteiger partial charge in [0, 0.05) is 24.8 Å². The van der Waals surface area contributed by atoms with Gasteiger partial charge in [0.25, 0.3) is 0 Å². The largest absolute Gasteiger partial charge is 0.385 e. The van der Waals surface area contributed by atoms with Gasteiger partial charge in [0.15, 0.2) is 11.6 Å². The molecule has 0 aromatic heterocycles. The van der Waals surface area contributed by atoms with Crippen molar-refractivity contribution in [1.29, 1.82) is 0 Å². The topological polar surface area (TPSA) is 9.23 Å². The standard InChI is InChI=1S/C29H30F2O/c1-32-17-16-24-10-8-22(9-11-24)3-2-21-4-6-23(7-5-21)12-13-25-14-15-26-19-28(30)29(31)20-27(26)18-25/h4-7,14-15,18-20,22,24H,2-3,8-11,16-17H2,1H3. The predicted molar refractivity (Wildman–Crippen MR) is 127 cm³/mol. The lowest BCUT2D eigenvalue weighted by Gasteiger charge is -2.28. The van der Waals surface area contributed by atoms with Crippen LogP contribution in [0.3, 0.4) is 0 Å². The van der Waals surface area contributed by atoms with Gasteiger partial charge in [-0.1, -0.05) is 55.7 Å². The number of hydrogen-bond donors (Lipinski definition) is 0. The molecule has 166 valence electrons. The second kappa shape index (κ2) is 10.7. The van der Waals surface area contributed by atoms with Gasteiger partial charge in [0.05, 0.1) is 0 Å². The minimum atomic E-state index is -0.836. The van der Waals surface area contributed by atoms with Crippen molar-refractivity contribution in [2.45, 2.75) is 44.9 Å². The summed E-state index contributed by atoms with van der Waals surface area (Å²) in [5.41, 5.74) is 3.10. The lowest BCUT2D eigenvalue weighted by Crippen LogP contribution is -2.16. The van der Waals surface area contributed by atoms with Crippen molar-refractivity contribution in [3.63, 3.8) is 0 Å². The molecule has 1 fully saturated rings. The molecule has 4 rings (SSSR count). The van der Waals surface area contributed by atoms with Crippen molar-refractivity contribution in [1.82, 2.24) is 0 Å². The minimum Gasteiger partial charge on any atom is -0.385 e. The summed E-state index contributed by atoms with van der Waals surface area (Å²) in [7, 11) is 1.79. The second-order valence-electron chi connectivity index (χ2n) is 8.98. The summed E-state index contributed by atoms with van der Waals surface area (Å²) in [4.78, 5) is 0. The quantitative estimate of drug-likeness (QED) is 0.372. The Morgan fingerprint density at radius 3 is 2.03 bits per heavy atom. The molecule has 0 bridgehead atoms. The first-order chi connectivity index (χ1) is 15.6. The highest BCUT2D eigenvalue weighted by Gasteiger charge is 2.20. The number of ether oxygens (including phenoxy) is 1. The Hall–Kier alpha value is -2.70. The Bertz CT molecular complexity index is 1100. The van der Waals surface area contributed by atoms with E-state index in [2.05, 4.69) is 36.1 Å². The summed E-state index contributed by atoms with van der Waals surface area (Å²) < 4.78 is 32.1. The van der Waals surface area contributed by atoms with Gasteiger partial charge in [-0.05, 0) is 83.8 Å². The van der Waals surface area contributed by atoms with Gasteiger partial charge in [-0.15, -0.1) is 0 Å². The maximum Gasteiger partial charge on any atom is 0.159 e. The normalized spacial score (nSPS) is 18.3. The summed E-state index contributed by atoms with van der Waals surface area (Å²) in [6, 6.07) is 16.3. The number of methoxy groups -OCH3 is 1. The zero-order valence-electron chi connectivity index (χ0n) is 18.7. The van der Waals surface area contributed by atoms with E-state index in [9.17, 15) is 8.78 Å². The van der Waals surface area contributed by atoms with Crippen LogP contribution in [0.15, 0.2) is 54.6 Å². The van der Waals surface area contributed by atoms with E-state index in [1.807, 2.05) is 6.07 Å². The molecule has 0 radical (unpaired) electrons. The maximum atomic E-state index is 13.5. The van der Waals surface area contributed by atoms with Crippen LogP contribution >= 0.6 is 0 Å². The van der Waals surface area contributed by atoms with E-state index in [1.165, 1.54) is 56.2 Å². The van der Waals surface area contributed by atoms with E-state index in [-0.39, 0.29) is 0 Å². The molecule has 1 aliphatic rings. The third-order valence-corrected chi connectivity index (χ3v) is 6.72. The highest BCUT2D eigenvalue weighted by Crippen LogP contribution is 2.33. The van der Waals surface area contributed by atoms with Crippen LogP contribution in [0, 0.1) is 35.3 Å². The second-order valence-corrected chi connectivity index (χ2v) is 8.98. The van der Waals surface area contributed by atoms with E-state index in [0.717, 1.165) is 36.0 Å². The van der Waals surface area contributed by atoms with Crippen LogP contribution in [0.1, 0.15) is 55.2 Å². The molecule has 32 heavy (non-hydrogen) atoms. The molecule has 3 aromatic rings. The van der Waals surface area contributed by atoms with Gasteiger partial charge in [0.1, 0.15) is 0 Å². The van der Waals surface area contributed by atoms with Gasteiger partial charge in [-0.2, -0.15) is 0 Å². The summed E-state index contributed by atoms with van der Waals surface area (Å²) >= 11 is 0. The fourth-order valence-corrected chi connectivity index (χ4v) is 4.68. The number of aryl methyl sites for hydroxylation is 1. The average Bonchev–Trinajstić information content (AvgIpc) is 2.82. The zero-order chi connectivity index (χ0) is 22.3. The molecule has 0 aliphatic heterocycles. The van der Waals surface area contributed by atoms with E-state index in [1.54, 1.807) is 19.2 Å². The number of hydrogen-bond acceptors (Lipinski definition) is 1. The van der Waals surface area contributed by atoms with Crippen molar-refractivity contribution < 1.29 is 13.5 Å². The monoisotopic (exact) mass is 432 g/mol. The zero-order valence-corrected chi connectivity index (χ0v) is 18.7. The Labute approximate surface area is 189 Å². The molecule has 0 N–H and O–H groups in total. The molecule has 1 aliphatic carbocycles. The molecule has 1 nitrogen and oxygen atoms in total. The first-order valence-electron chi connectivity index (χ1n) is 11.6. The fraction of sp³-hybridized carbons (Fsp3) is 0.379. The maximum absolute atomic E-state index is 13.5. The Balaban J connectivity index is 1.31. The molecule has 0 spiro atoms. The van der Waals surface area contributed by atoms with E-state index in [0.29, 0.717) is 10.8 Å². The van der Waals surface area contributed by atoms with Gasteiger partial charge in [-0.25, -0.2) is 8.78 Å². The van der Waals surface area contributed by atoms with Crippen molar-refractivity contribution in [3.05, 3.63) is 82.9 Å². The number of benzene rings is 3. The van der Waals surface area contributed by atoms with Crippen molar-refractivity contribution in [2.24, 2.45) is 11.8 Å². The molecule has 3 heteroatoms. The van der Waals surface area contributed by atoms with Crippen molar-refractivity contribution in [3.8, 4) is 11.8 Å². The number of rotatable bonds is 6. The van der Waals surface area contributed by atoms with Gasteiger partial charge < -0.3 is 4.74 Å². The van der Waals surface area contributed by atoms with Crippen LogP contribution in [-0.4, -0.2) is 13.7 Å². The van der Waals surface area contributed by atoms with Gasteiger partial charge in [-0.3, -0.25) is 0 Å². The van der Waals surface area contributed by atoms with Crippen LogP contribution in [0.25, 0.3) is 10.8 Å². The first kappa shape index (κ1) is 22.5. The first-order valence-corrected chi connectivity index (χ1v) is 11.6. The molecule has 0 atom stereocenters. The number of halogens is 2. The van der Waals surface area contributed by atoms with Crippen LogP contribution in [0.2, 0.25) is 0 Å². The minimum absolute atomic E-state index is 0.652. The average molecular weight is 433 g/mol. The van der Waals surface area contributed by atoms with Crippen LogP contribution in [0.5, 0.6) is 0 Å². The Morgan fingerprint density at radius 2 is 1.34 bits per heavy atom. The summed E-state index contributed by atoms with van der Waals surface area (Å²) in [5, 5.41) is 1.32. The lowest BCUT2D eigenvalue weighted by atomic mass is 9.78. The molecule has 0 unspecified atom stereocenters. The molecule has 0 saturated heterocycles. The third-order valence-electron chi connectivity index (χ3n) is 6.72. The van der Waals surface area contributed by atoms with Crippen LogP contribution < -0.4 is 0 Å². The summed E-state index contributed by atoms with van der Waals surface area (Å²) in [6.45, 7) is 0.893. The molecule has 1 saturated carbocycles. The van der Waals surface area contributed by atoms with Crippen molar-refractivity contribution >= 4 is 10.8 Å². The van der Waals surface area contributed by atoms with Gasteiger partial charge in [0.2, 0.25) is 0 Å². The Morgan fingerprint density at radius 1 is 0.750 bits per heavy atom. The molecule has 0 heterocycles. The number of fused-ring (bicyclic) bond motifs is 1. The predicted octanol–water partition coefficient (Wildman–Crippen LogP) is 7.29. The van der Waals surface area contributed by atoms with E-state index < -0.39 is 11.6 Å². The van der Waals surface area contributed by atoms with E-state index in [4.69, 9.17) is 4.74 Å².